The van der Waals surface area contributed by atoms with Crippen molar-refractivity contribution in [1.29, 1.82) is 0 Å². The average molecular weight is 293 g/mol. The van der Waals surface area contributed by atoms with Crippen LogP contribution >= 0.6 is 11.3 Å². The van der Waals surface area contributed by atoms with Crippen LogP contribution in [0, 0.1) is 11.6 Å². The Balaban J connectivity index is 1.78. The second-order valence-corrected chi connectivity index (χ2v) is 6.56. The Morgan fingerprint density at radius 1 is 1.05 bits per heavy atom. The number of hydrogen-bond acceptors (Lipinski definition) is 2. The van der Waals surface area contributed by atoms with Gasteiger partial charge in [-0.2, -0.15) is 0 Å². The fraction of sp³-hybridized carbons (Fsp3) is 0.375. The molecule has 0 radical (unpaired) electrons. The molecule has 4 heteroatoms. The predicted molar refractivity (Wildman–Crippen MR) is 78.0 cm³/mol. The van der Waals surface area contributed by atoms with Crippen LogP contribution in [0.4, 0.5) is 8.78 Å². The highest BCUT2D eigenvalue weighted by Crippen LogP contribution is 2.33. The van der Waals surface area contributed by atoms with Crippen molar-refractivity contribution in [2.75, 3.05) is 0 Å². The number of halogens is 2. The minimum absolute atomic E-state index is 0.188. The third-order valence-corrected chi connectivity index (χ3v) is 5.13. The highest BCUT2D eigenvalue weighted by Gasteiger charge is 2.17. The summed E-state index contributed by atoms with van der Waals surface area (Å²) in [5, 5.41) is 0. The van der Waals surface area contributed by atoms with E-state index in [0.717, 1.165) is 23.8 Å². The van der Waals surface area contributed by atoms with Gasteiger partial charge < -0.3 is 5.73 Å². The molecule has 0 bridgehead atoms. The first-order valence-electron chi connectivity index (χ1n) is 6.94. The Morgan fingerprint density at radius 3 is 2.45 bits per heavy atom. The highest BCUT2D eigenvalue weighted by atomic mass is 32.1. The summed E-state index contributed by atoms with van der Waals surface area (Å²) in [4.78, 5) is 2.56. The Labute approximate surface area is 121 Å². The summed E-state index contributed by atoms with van der Waals surface area (Å²) in [7, 11) is 0. The minimum atomic E-state index is -0.544. The number of benzene rings is 1. The van der Waals surface area contributed by atoms with Crippen molar-refractivity contribution >= 4 is 11.3 Å². The molecule has 1 unspecified atom stereocenters. The van der Waals surface area contributed by atoms with Gasteiger partial charge in [-0.15, -0.1) is 11.3 Å². The van der Waals surface area contributed by atoms with Crippen molar-refractivity contribution in [3.63, 3.8) is 0 Å². The van der Waals surface area contributed by atoms with Crippen LogP contribution in [0.3, 0.4) is 0 Å². The van der Waals surface area contributed by atoms with E-state index in [0.29, 0.717) is 12.0 Å². The lowest BCUT2D eigenvalue weighted by molar-refractivity contribution is 0.577. The zero-order valence-corrected chi connectivity index (χ0v) is 12.0. The van der Waals surface area contributed by atoms with Crippen LogP contribution in [0.15, 0.2) is 24.3 Å². The molecular formula is C16H17F2NS. The van der Waals surface area contributed by atoms with Gasteiger partial charge in [-0.1, -0.05) is 0 Å². The van der Waals surface area contributed by atoms with E-state index in [4.69, 9.17) is 5.73 Å². The van der Waals surface area contributed by atoms with Gasteiger partial charge in [0.15, 0.2) is 0 Å². The van der Waals surface area contributed by atoms with Crippen LogP contribution in [-0.2, 0) is 19.3 Å². The van der Waals surface area contributed by atoms with Crippen molar-refractivity contribution in [2.45, 2.75) is 38.1 Å². The number of hydrogen-bond donors (Lipinski definition) is 1. The second kappa shape index (κ2) is 5.62. The molecule has 3 rings (SSSR count). The van der Waals surface area contributed by atoms with Gasteiger partial charge >= 0.3 is 0 Å². The molecule has 0 fully saturated rings. The van der Waals surface area contributed by atoms with Crippen molar-refractivity contribution < 1.29 is 8.78 Å². The minimum Gasteiger partial charge on any atom is -0.323 e. The monoisotopic (exact) mass is 293 g/mol. The molecule has 1 aliphatic carbocycles. The molecule has 1 aliphatic rings. The second-order valence-electron chi connectivity index (χ2n) is 5.39. The third kappa shape index (κ3) is 2.91. The standard InChI is InChI=1S/C16H17F2NS/c17-12-5-10(6-13(18)9-12)7-14(19)16-8-11-3-1-2-4-15(11)20-16/h5-6,8-9,14H,1-4,7,19H2. The van der Waals surface area contributed by atoms with Gasteiger partial charge in [-0.25, -0.2) is 8.78 Å². The molecule has 2 N–H and O–H groups in total. The predicted octanol–water partition coefficient (Wildman–Crippen LogP) is 4.15. The summed E-state index contributed by atoms with van der Waals surface area (Å²) >= 11 is 1.76. The van der Waals surface area contributed by atoms with E-state index in [1.165, 1.54) is 35.4 Å². The SMILES string of the molecule is NC(Cc1cc(F)cc(F)c1)c1cc2c(s1)CCCC2. The Morgan fingerprint density at radius 2 is 1.75 bits per heavy atom. The molecule has 0 spiro atoms. The zero-order chi connectivity index (χ0) is 14.1. The maximum absolute atomic E-state index is 13.2. The molecule has 1 atom stereocenters. The lowest BCUT2D eigenvalue weighted by atomic mass is 9.98. The fourth-order valence-electron chi connectivity index (χ4n) is 2.78. The van der Waals surface area contributed by atoms with Gasteiger partial charge in [0, 0.05) is 21.9 Å². The number of fused-ring (bicyclic) bond motifs is 1. The topological polar surface area (TPSA) is 26.0 Å². The van der Waals surface area contributed by atoms with Gasteiger partial charge in [-0.05, 0) is 61.4 Å². The lowest BCUT2D eigenvalue weighted by Gasteiger charge is -2.10. The van der Waals surface area contributed by atoms with E-state index in [-0.39, 0.29) is 6.04 Å². The Bertz CT molecular complexity index is 577. The van der Waals surface area contributed by atoms with E-state index in [1.54, 1.807) is 11.3 Å². The van der Waals surface area contributed by atoms with Crippen molar-refractivity contribution in [1.82, 2.24) is 0 Å². The smallest absolute Gasteiger partial charge is 0.126 e. The summed E-state index contributed by atoms with van der Waals surface area (Å²) in [6.45, 7) is 0. The molecule has 1 heterocycles. The summed E-state index contributed by atoms with van der Waals surface area (Å²) in [6.07, 6.45) is 5.23. The van der Waals surface area contributed by atoms with E-state index < -0.39 is 11.6 Å². The summed E-state index contributed by atoms with van der Waals surface area (Å²) in [5.41, 5.74) is 8.23. The number of rotatable bonds is 3. The normalized spacial score (nSPS) is 15.9. The maximum atomic E-state index is 13.2. The van der Waals surface area contributed by atoms with Crippen LogP contribution in [0.1, 0.15) is 39.8 Å². The fourth-order valence-corrected chi connectivity index (χ4v) is 4.04. The van der Waals surface area contributed by atoms with Gasteiger partial charge in [-0.3, -0.25) is 0 Å². The van der Waals surface area contributed by atoms with Crippen LogP contribution in [0.5, 0.6) is 0 Å². The van der Waals surface area contributed by atoms with Crippen LogP contribution in [0.2, 0.25) is 0 Å². The molecule has 0 saturated carbocycles. The number of aryl methyl sites for hydroxylation is 2. The molecule has 106 valence electrons. The Kier molecular flexibility index (Phi) is 3.85. The van der Waals surface area contributed by atoms with Crippen molar-refractivity contribution in [3.8, 4) is 0 Å². The average Bonchev–Trinajstić information content (AvgIpc) is 2.81. The molecule has 1 nitrogen and oxygen atoms in total. The number of nitrogens with two attached hydrogens (primary N) is 1. The first kappa shape index (κ1) is 13.7. The molecule has 1 aromatic carbocycles. The van der Waals surface area contributed by atoms with E-state index in [9.17, 15) is 8.78 Å². The molecule has 0 saturated heterocycles. The first-order chi connectivity index (χ1) is 9.61. The van der Waals surface area contributed by atoms with Gasteiger partial charge in [0.25, 0.3) is 0 Å². The van der Waals surface area contributed by atoms with Crippen LogP contribution < -0.4 is 5.73 Å². The van der Waals surface area contributed by atoms with E-state index >= 15 is 0 Å². The van der Waals surface area contributed by atoms with Gasteiger partial charge in [0.2, 0.25) is 0 Å². The van der Waals surface area contributed by atoms with E-state index in [1.807, 2.05) is 0 Å². The van der Waals surface area contributed by atoms with Crippen LogP contribution in [-0.4, -0.2) is 0 Å². The van der Waals surface area contributed by atoms with Gasteiger partial charge in [0.1, 0.15) is 11.6 Å². The van der Waals surface area contributed by atoms with Crippen molar-refractivity contribution in [2.24, 2.45) is 5.73 Å². The summed E-state index contributed by atoms with van der Waals surface area (Å²) < 4.78 is 26.4. The quantitative estimate of drug-likeness (QED) is 0.904. The van der Waals surface area contributed by atoms with Crippen LogP contribution in [0.25, 0.3) is 0 Å². The third-order valence-electron chi connectivity index (χ3n) is 3.76. The van der Waals surface area contributed by atoms with E-state index in [2.05, 4.69) is 6.07 Å². The maximum Gasteiger partial charge on any atom is 0.126 e. The largest absolute Gasteiger partial charge is 0.323 e. The first-order valence-corrected chi connectivity index (χ1v) is 7.75. The molecule has 0 amide bonds. The molecule has 0 aliphatic heterocycles. The molecule has 1 aromatic heterocycles. The molecule has 20 heavy (non-hydrogen) atoms. The highest BCUT2D eigenvalue weighted by molar-refractivity contribution is 7.12. The molecule has 2 aromatic rings. The molecular weight excluding hydrogens is 276 g/mol. The number of thiophene rings is 1. The van der Waals surface area contributed by atoms with Crippen molar-refractivity contribution in [3.05, 3.63) is 56.8 Å². The van der Waals surface area contributed by atoms with Gasteiger partial charge in [0.05, 0.1) is 0 Å². The Hall–Kier alpha value is -1.26. The zero-order valence-electron chi connectivity index (χ0n) is 11.2. The summed E-state index contributed by atoms with van der Waals surface area (Å²) in [6, 6.07) is 5.59. The summed E-state index contributed by atoms with van der Waals surface area (Å²) in [5.74, 6) is -1.09. The lowest BCUT2D eigenvalue weighted by Crippen LogP contribution is -2.12.